The van der Waals surface area contributed by atoms with E-state index in [9.17, 15) is 4.79 Å². The second-order valence-corrected chi connectivity index (χ2v) is 7.41. The van der Waals surface area contributed by atoms with Crippen LogP contribution in [-0.2, 0) is 6.54 Å². The minimum absolute atomic E-state index is 0.0985. The summed E-state index contributed by atoms with van der Waals surface area (Å²) in [6, 6.07) is 9.83. The van der Waals surface area contributed by atoms with E-state index >= 15 is 0 Å². The summed E-state index contributed by atoms with van der Waals surface area (Å²) in [6.45, 7) is 4.35. The molecular weight excluding hydrogens is 364 g/mol. The molecule has 0 atom stereocenters. The number of urea groups is 1. The maximum absolute atomic E-state index is 12.1. The molecule has 1 fully saturated rings. The first-order valence-electron chi connectivity index (χ1n) is 9.25. The molecule has 1 aliphatic carbocycles. The molecule has 144 valence electrons. The Kier molecular flexibility index (Phi) is 6.50. The monoisotopic (exact) mass is 388 g/mol. The molecule has 1 aromatic heterocycles. The van der Waals surface area contributed by atoms with Crippen molar-refractivity contribution in [2.45, 2.75) is 58.2 Å². The van der Waals surface area contributed by atoms with Gasteiger partial charge in [0.05, 0.1) is 0 Å². The van der Waals surface area contributed by atoms with Crippen LogP contribution in [0, 0.1) is 13.8 Å². The number of halogens is 1. The highest BCUT2D eigenvalue weighted by Crippen LogP contribution is 2.22. The second-order valence-electron chi connectivity index (χ2n) is 6.98. The first-order valence-corrected chi connectivity index (χ1v) is 9.63. The molecule has 27 heavy (non-hydrogen) atoms. The zero-order chi connectivity index (χ0) is 19.2. The van der Waals surface area contributed by atoms with Gasteiger partial charge in [0, 0.05) is 29.0 Å². The van der Waals surface area contributed by atoms with Crippen molar-refractivity contribution in [1.29, 1.82) is 0 Å². The highest BCUT2D eigenvalue weighted by Gasteiger charge is 2.24. The number of hydrogen-bond acceptors (Lipinski definition) is 4. The third-order valence-corrected chi connectivity index (χ3v) is 4.86. The first-order chi connectivity index (χ1) is 13.0. The van der Waals surface area contributed by atoms with Crippen LogP contribution in [0.25, 0.3) is 0 Å². The van der Waals surface area contributed by atoms with Crippen molar-refractivity contribution in [3.63, 3.8) is 0 Å². The Morgan fingerprint density at radius 1 is 1.11 bits per heavy atom. The molecule has 0 spiro atoms. The Labute approximate surface area is 164 Å². The van der Waals surface area contributed by atoms with Gasteiger partial charge in [-0.15, -0.1) is 0 Å². The summed E-state index contributed by atoms with van der Waals surface area (Å²) in [4.78, 5) is 20.8. The van der Waals surface area contributed by atoms with Gasteiger partial charge in [-0.25, -0.2) is 14.8 Å². The first kappa shape index (κ1) is 19.4. The summed E-state index contributed by atoms with van der Waals surface area (Å²) in [5.41, 5.74) is 2.83. The number of hydrogen-bond donors (Lipinski definition) is 2. The molecule has 6 nitrogen and oxygen atoms in total. The highest BCUT2D eigenvalue weighted by molar-refractivity contribution is 6.30. The summed E-state index contributed by atoms with van der Waals surface area (Å²) >= 11 is 5.86. The Morgan fingerprint density at radius 2 is 1.74 bits per heavy atom. The quantitative estimate of drug-likeness (QED) is 0.813. The van der Waals surface area contributed by atoms with E-state index in [0.29, 0.717) is 17.6 Å². The average molecular weight is 389 g/mol. The largest absolute Gasteiger partial charge is 0.460 e. The lowest BCUT2D eigenvalue weighted by atomic mass is 9.93. The molecule has 1 saturated carbocycles. The fraction of sp³-hybridized carbons (Fsp3) is 0.450. The lowest BCUT2D eigenvalue weighted by Gasteiger charge is -2.29. The number of nitrogens with zero attached hydrogens (tertiary/aromatic N) is 2. The molecule has 7 heteroatoms. The number of benzene rings is 1. The van der Waals surface area contributed by atoms with Crippen molar-refractivity contribution < 1.29 is 9.53 Å². The maximum Gasteiger partial charge on any atom is 0.317 e. The predicted octanol–water partition coefficient (Wildman–Crippen LogP) is 3.94. The van der Waals surface area contributed by atoms with Gasteiger partial charge in [0.1, 0.15) is 6.10 Å². The fourth-order valence-electron chi connectivity index (χ4n) is 3.24. The van der Waals surface area contributed by atoms with Crippen molar-refractivity contribution in [1.82, 2.24) is 20.6 Å². The van der Waals surface area contributed by atoms with Gasteiger partial charge < -0.3 is 15.4 Å². The Morgan fingerprint density at radius 3 is 2.37 bits per heavy atom. The van der Waals surface area contributed by atoms with Crippen LogP contribution in [0.2, 0.25) is 5.02 Å². The molecule has 1 aromatic carbocycles. The lowest BCUT2D eigenvalue weighted by Crippen LogP contribution is -2.44. The van der Waals surface area contributed by atoms with E-state index in [1.807, 2.05) is 44.2 Å². The van der Waals surface area contributed by atoms with E-state index in [-0.39, 0.29) is 18.2 Å². The van der Waals surface area contributed by atoms with Crippen molar-refractivity contribution in [3.8, 4) is 6.01 Å². The van der Waals surface area contributed by atoms with Crippen molar-refractivity contribution >= 4 is 17.6 Å². The zero-order valence-corrected chi connectivity index (χ0v) is 16.4. The predicted molar refractivity (Wildman–Crippen MR) is 105 cm³/mol. The molecular formula is C20H25ClN4O2. The Balaban J connectivity index is 1.39. The van der Waals surface area contributed by atoms with Gasteiger partial charge >= 0.3 is 12.0 Å². The van der Waals surface area contributed by atoms with E-state index in [2.05, 4.69) is 20.6 Å². The number of rotatable bonds is 5. The van der Waals surface area contributed by atoms with Gasteiger partial charge in [-0.1, -0.05) is 23.7 Å². The molecule has 0 radical (unpaired) electrons. The van der Waals surface area contributed by atoms with Crippen LogP contribution >= 0.6 is 11.6 Å². The van der Waals surface area contributed by atoms with Gasteiger partial charge in [-0.3, -0.25) is 0 Å². The fourth-order valence-corrected chi connectivity index (χ4v) is 3.37. The second kappa shape index (κ2) is 9.04. The molecule has 1 aliphatic rings. The lowest BCUT2D eigenvalue weighted by molar-refractivity contribution is 0.128. The molecule has 2 amide bonds. The smallest absolute Gasteiger partial charge is 0.317 e. The third-order valence-electron chi connectivity index (χ3n) is 4.61. The van der Waals surface area contributed by atoms with Crippen molar-refractivity contribution in [2.75, 3.05) is 0 Å². The zero-order valence-electron chi connectivity index (χ0n) is 15.7. The number of nitrogens with one attached hydrogen (secondary N) is 2. The van der Waals surface area contributed by atoms with E-state index < -0.39 is 0 Å². The molecule has 3 rings (SSSR count). The van der Waals surface area contributed by atoms with E-state index in [1.165, 1.54) is 0 Å². The van der Waals surface area contributed by atoms with Crippen molar-refractivity contribution in [2.24, 2.45) is 0 Å². The van der Waals surface area contributed by atoms with Gasteiger partial charge in [-0.05, 0) is 63.3 Å². The normalized spacial score (nSPS) is 19.4. The minimum atomic E-state index is -0.146. The summed E-state index contributed by atoms with van der Waals surface area (Å²) in [7, 11) is 0. The average Bonchev–Trinajstić information content (AvgIpc) is 2.62. The van der Waals surface area contributed by atoms with Crippen LogP contribution in [-0.4, -0.2) is 28.1 Å². The number of carbonyl (C=O) groups excluding carboxylic acids is 1. The Hall–Kier alpha value is -2.34. The maximum atomic E-state index is 12.1. The number of aromatic nitrogens is 2. The van der Waals surface area contributed by atoms with Crippen LogP contribution in [0.3, 0.4) is 0 Å². The topological polar surface area (TPSA) is 76.1 Å². The molecule has 2 aromatic rings. The summed E-state index contributed by atoms with van der Waals surface area (Å²) in [6.07, 6.45) is 3.60. The van der Waals surface area contributed by atoms with E-state index in [0.717, 1.165) is 42.6 Å². The van der Waals surface area contributed by atoms with Crippen LogP contribution in [0.15, 0.2) is 30.3 Å². The number of ether oxygens (including phenoxy) is 1. The molecule has 0 saturated heterocycles. The Bertz CT molecular complexity index is 754. The van der Waals surface area contributed by atoms with E-state index in [4.69, 9.17) is 16.3 Å². The summed E-state index contributed by atoms with van der Waals surface area (Å²) < 4.78 is 5.92. The SMILES string of the molecule is Cc1cc(C)nc(OC2CCC(NC(=O)NCc3ccc(Cl)cc3)CC2)n1. The van der Waals surface area contributed by atoms with Gasteiger partial charge in [0.2, 0.25) is 0 Å². The van der Waals surface area contributed by atoms with E-state index in [1.54, 1.807) is 0 Å². The third kappa shape index (κ3) is 6.10. The summed E-state index contributed by atoms with van der Waals surface area (Å²) in [5, 5.41) is 6.61. The minimum Gasteiger partial charge on any atom is -0.460 e. The van der Waals surface area contributed by atoms with Crippen LogP contribution < -0.4 is 15.4 Å². The number of amides is 2. The van der Waals surface area contributed by atoms with Gasteiger partial charge in [-0.2, -0.15) is 0 Å². The molecule has 1 heterocycles. The number of carbonyl (C=O) groups is 1. The van der Waals surface area contributed by atoms with Crippen LogP contribution in [0.5, 0.6) is 6.01 Å². The van der Waals surface area contributed by atoms with Gasteiger partial charge in [0.25, 0.3) is 0 Å². The molecule has 0 bridgehead atoms. The van der Waals surface area contributed by atoms with Crippen molar-refractivity contribution in [3.05, 3.63) is 52.3 Å². The number of aryl methyl sites for hydroxylation is 2. The molecule has 0 aliphatic heterocycles. The highest BCUT2D eigenvalue weighted by atomic mass is 35.5. The molecule has 0 unspecified atom stereocenters. The van der Waals surface area contributed by atoms with Gasteiger partial charge in [0.15, 0.2) is 0 Å². The van der Waals surface area contributed by atoms with Crippen LogP contribution in [0.1, 0.15) is 42.6 Å². The standard InChI is InChI=1S/C20H25ClN4O2/c1-13-11-14(2)24-20(23-13)27-18-9-7-17(8-10-18)25-19(26)22-12-15-3-5-16(21)6-4-15/h3-6,11,17-18H,7-10,12H2,1-2H3,(H2,22,25,26). The van der Waals surface area contributed by atoms with Crippen LogP contribution in [0.4, 0.5) is 4.79 Å². The summed E-state index contributed by atoms with van der Waals surface area (Å²) in [5.74, 6) is 0. The molecule has 2 N–H and O–H groups in total.